The SMILES string of the molecule is O=C(OOC(=O)C(F)(OC(F)(F)C(F)(OC(F)(F)C(F)(OC(F)(F)C(F)(OC(F)(F)C(F)(OC(F)(F)C(F)(OC(F)(F)C(F)(F)C(F)(F)F)C(F)(F)F)C(F)(F)F)C(F)(F)F)C(F)(F)F)C(F)(F)F)C(F)(F)F)C(F)(OC(F)(F)C(F)(OC(F)(F)C(F)(OC(F)(F)C(F)(OC(F)(F)C(F)(OC(F)(F)C(F)(OC(F)(F)C(F)(F)C(F)(F)F)C(F)(F)F)C(F)(F)F)C(F)(F)F)C(F)(F)F)C(F)(F)F)C(F)(F)F. The molecule has 0 aromatic carbocycles. The Balaban J connectivity index is 8.76. The second-order valence-electron chi connectivity index (χ2n) is 23.4. The first-order valence-electron chi connectivity index (χ1n) is 28.4. The van der Waals surface area contributed by atoms with E-state index in [2.05, 4.69) is 0 Å². The number of alkyl halides is 82. The van der Waals surface area contributed by atoms with E-state index in [1.54, 1.807) is 0 Å². The first-order valence-corrected chi connectivity index (χ1v) is 28.4. The Morgan fingerprint density at radius 3 is 0.271 bits per heavy atom. The summed E-state index contributed by atoms with van der Waals surface area (Å²) in [6.45, 7) is 0. The predicted molar refractivity (Wildman–Crippen MR) is 225 cm³/mol. The highest BCUT2D eigenvalue weighted by atomic mass is 19.5. The lowest BCUT2D eigenvalue weighted by molar-refractivity contribution is -0.605. The van der Waals surface area contributed by atoms with Crippen LogP contribution in [0.2, 0.25) is 0 Å². The van der Waals surface area contributed by atoms with Crippen molar-refractivity contribution in [3.63, 3.8) is 0 Å². The van der Waals surface area contributed by atoms with Crippen molar-refractivity contribution in [3.8, 4) is 0 Å². The standard InChI is InChI=1S/C42F82O16/c43-3(17(59,60)61,129-33(105,106)7(49,21(71,72)73)133-37(113,114)11(53,25(83,84)85)137-41(121,122)15(57,29(95,96)97)139-39(117,118)13(55,27(89,90)91)135-35(109,110)9(51,23(77,78)79)131-31(101,102)5(45,46)19(65,66)67)1(125)127-128-2(126)4(44,18(62,63)64)130-34(107,108)8(50,22(74,75)76)134-38(115,116)12(54,26(86,87)88)138-42(123,124)16(58,30(98,99)100)140-40(119,120)14(56,28(92,93)94)136-36(111,112)10(52,24(80,81)82)132-32(103,104)6(47,48)20(68,69)70. The molecule has 12 unspecified atom stereocenters. The second-order valence-corrected chi connectivity index (χ2v) is 23.4. The monoisotopic (exact) mass is 2320 g/mol. The summed E-state index contributed by atoms with van der Waals surface area (Å²) in [5, 5.41) is 0. The molecule has 16 nitrogen and oxygen atoms in total. The highest BCUT2D eigenvalue weighted by molar-refractivity contribution is 5.82. The minimum atomic E-state index is -10.5. The van der Waals surface area contributed by atoms with Crippen molar-refractivity contribution in [1.82, 2.24) is 0 Å². The van der Waals surface area contributed by atoms with Gasteiger partial charge in [-0.15, -0.1) is 0 Å². The number of carbonyl (C=O) groups is 2. The summed E-state index contributed by atoms with van der Waals surface area (Å²) in [6, 6.07) is 0. The van der Waals surface area contributed by atoms with Crippen molar-refractivity contribution in [2.45, 2.75) is 242 Å². The van der Waals surface area contributed by atoms with E-state index in [0.717, 1.165) is 0 Å². The maximum Gasteiger partial charge on any atom is 0.462 e. The van der Waals surface area contributed by atoms with Crippen LogP contribution in [0.3, 0.4) is 0 Å². The minimum Gasteiger partial charge on any atom is -0.263 e. The van der Waals surface area contributed by atoms with Crippen LogP contribution in [0.1, 0.15) is 0 Å². The molecule has 0 amide bonds. The number of hydrogen-bond acceptors (Lipinski definition) is 16. The van der Waals surface area contributed by atoms with Crippen LogP contribution in [0.25, 0.3) is 0 Å². The van der Waals surface area contributed by atoms with E-state index < -0.39 is 254 Å². The number of rotatable bonds is 38. The molecule has 0 rings (SSSR count). The molecule has 0 aromatic heterocycles. The van der Waals surface area contributed by atoms with Crippen molar-refractivity contribution >= 4 is 11.9 Å². The molecule has 0 spiro atoms. The maximum absolute atomic E-state index is 15.2. The molecule has 0 aromatic rings. The lowest BCUT2D eigenvalue weighted by Gasteiger charge is -2.45. The molecule has 0 radical (unpaired) electrons. The van der Waals surface area contributed by atoms with E-state index >= 15 is 35.1 Å². The highest BCUT2D eigenvalue weighted by Gasteiger charge is 2.97. The number of carbonyl (C=O) groups excluding carboxylic acids is 2. The zero-order chi connectivity index (χ0) is 115. The van der Waals surface area contributed by atoms with Gasteiger partial charge < -0.3 is 0 Å². The van der Waals surface area contributed by atoms with Crippen molar-refractivity contribution in [1.29, 1.82) is 0 Å². The lowest BCUT2D eigenvalue weighted by Crippen LogP contribution is -2.73. The molecule has 0 saturated carbocycles. The second kappa shape index (κ2) is 35.2. The van der Waals surface area contributed by atoms with Crippen LogP contribution in [-0.2, 0) is 76.2 Å². The third kappa shape index (κ3) is 22.1. The highest BCUT2D eigenvalue weighted by Crippen LogP contribution is 2.69. The molecule has 0 saturated heterocycles. The summed E-state index contributed by atoms with van der Waals surface area (Å²) >= 11 is 0. The Morgan fingerprint density at radius 1 is 0.107 bits per heavy atom. The molecule has 0 fully saturated rings. The average molecular weight is 2320 g/mol. The van der Waals surface area contributed by atoms with Crippen LogP contribution >= 0.6 is 0 Å². The number of ether oxygens (including phenoxy) is 12. The first-order chi connectivity index (χ1) is 59.0. The van der Waals surface area contributed by atoms with Gasteiger partial charge >= 0.3 is 254 Å². The van der Waals surface area contributed by atoms with Gasteiger partial charge in [-0.25, -0.2) is 19.4 Å². The van der Waals surface area contributed by atoms with Crippen LogP contribution in [0.4, 0.5) is 360 Å². The fraction of sp³-hybridized carbons (Fsp3) is 0.952. The van der Waals surface area contributed by atoms with Gasteiger partial charge in [-0.05, 0) is 0 Å². The largest absolute Gasteiger partial charge is 0.462 e. The summed E-state index contributed by atoms with van der Waals surface area (Å²) in [5.41, 5.74) is 0. The molecule has 0 aliphatic rings. The normalized spacial score (nSPS) is 21.0. The third-order valence-electron chi connectivity index (χ3n) is 13.5. The van der Waals surface area contributed by atoms with Gasteiger partial charge in [-0.2, -0.15) is 360 Å². The molecule has 0 heterocycles. The summed E-state index contributed by atoms with van der Waals surface area (Å²) in [5.74, 6) is -152. The Labute approximate surface area is 691 Å². The zero-order valence-electron chi connectivity index (χ0n) is 58.5. The van der Waals surface area contributed by atoms with Crippen LogP contribution in [-0.4, -0.2) is 254 Å². The van der Waals surface area contributed by atoms with E-state index in [0.29, 0.717) is 56.8 Å². The molecule has 0 bridgehead atoms. The van der Waals surface area contributed by atoms with Crippen LogP contribution < -0.4 is 0 Å². The summed E-state index contributed by atoms with van der Waals surface area (Å²) in [4.78, 5) is 26.3. The summed E-state index contributed by atoms with van der Waals surface area (Å²) in [7, 11) is 0. The summed E-state index contributed by atoms with van der Waals surface area (Å²) < 4.78 is 1150. The Bertz CT molecular complexity index is 4010. The van der Waals surface area contributed by atoms with Crippen LogP contribution in [0, 0.1) is 0 Å². The van der Waals surface area contributed by atoms with Gasteiger partial charge in [-0.1, -0.05) is 0 Å². The molecular formula is C42F82O16. The van der Waals surface area contributed by atoms with Crippen molar-refractivity contribution < 1.29 is 436 Å². The topological polar surface area (TPSA) is 163 Å². The van der Waals surface area contributed by atoms with Crippen LogP contribution in [0.15, 0.2) is 0 Å². The van der Waals surface area contributed by atoms with Crippen molar-refractivity contribution in [3.05, 3.63) is 0 Å². The third-order valence-corrected chi connectivity index (χ3v) is 13.5. The van der Waals surface area contributed by atoms with E-state index in [-0.39, 0.29) is 0 Å². The van der Waals surface area contributed by atoms with Crippen molar-refractivity contribution in [2.75, 3.05) is 0 Å². The quantitative estimate of drug-likeness (QED) is 0.0325. The first kappa shape index (κ1) is 133. The van der Waals surface area contributed by atoms with Gasteiger partial charge in [0.15, 0.2) is 0 Å². The number of halogens is 82. The Kier molecular flexibility index (Phi) is 33.4. The molecule has 0 aliphatic carbocycles. The molecule has 0 N–H and O–H groups in total. The van der Waals surface area contributed by atoms with Crippen molar-refractivity contribution in [2.24, 2.45) is 0 Å². The Morgan fingerprint density at radius 2 is 0.193 bits per heavy atom. The van der Waals surface area contributed by atoms with Gasteiger partial charge in [0.2, 0.25) is 0 Å². The predicted octanol–water partition coefficient (Wildman–Crippen LogP) is 24.4. The molecule has 140 heavy (non-hydrogen) atoms. The minimum absolute atomic E-state index is 0.313. The maximum atomic E-state index is 15.2. The zero-order valence-corrected chi connectivity index (χ0v) is 58.5. The molecule has 838 valence electrons. The molecular weight excluding hydrogens is 2320 g/mol. The summed E-state index contributed by atoms with van der Waals surface area (Å²) in [6.07, 6.45) is -255. The molecule has 12 atom stereocenters. The molecule has 98 heteroatoms. The molecule has 0 aliphatic heterocycles. The smallest absolute Gasteiger partial charge is 0.263 e. The van der Waals surface area contributed by atoms with Crippen LogP contribution in [0.5, 0.6) is 0 Å². The van der Waals surface area contributed by atoms with E-state index in [1.807, 2.05) is 0 Å². The van der Waals surface area contributed by atoms with Gasteiger partial charge in [0.25, 0.3) is 0 Å². The fourth-order valence-electron chi connectivity index (χ4n) is 6.67. The fourth-order valence-corrected chi connectivity index (χ4v) is 6.67. The Hall–Kier alpha value is -7.28. The van der Waals surface area contributed by atoms with Gasteiger partial charge in [-0.3, -0.25) is 56.8 Å². The van der Waals surface area contributed by atoms with Gasteiger partial charge in [0, 0.05) is 0 Å². The number of hydrogen-bond donors (Lipinski definition) is 0. The van der Waals surface area contributed by atoms with E-state index in [4.69, 9.17) is 0 Å². The van der Waals surface area contributed by atoms with Gasteiger partial charge in [0.1, 0.15) is 0 Å². The lowest BCUT2D eigenvalue weighted by atomic mass is 10.2. The average Bonchev–Trinajstić information content (AvgIpc) is 0.704. The van der Waals surface area contributed by atoms with E-state index in [1.165, 1.54) is 9.78 Å². The van der Waals surface area contributed by atoms with E-state index in [9.17, 15) is 334 Å². The van der Waals surface area contributed by atoms with Gasteiger partial charge in [0.05, 0.1) is 0 Å².